The number of amides is 4. The molecule has 9 nitrogen and oxygen atoms in total. The predicted octanol–water partition coefficient (Wildman–Crippen LogP) is 2.91. The summed E-state index contributed by atoms with van der Waals surface area (Å²) in [6.07, 6.45) is 2.21. The highest BCUT2D eigenvalue weighted by Crippen LogP contribution is 2.48. The lowest BCUT2D eigenvalue weighted by Gasteiger charge is -2.53. The number of non-ortho nitro benzene ring substituents is 1. The quantitative estimate of drug-likeness (QED) is 0.435. The van der Waals surface area contributed by atoms with Gasteiger partial charge in [-0.05, 0) is 48.6 Å². The first kappa shape index (κ1) is 21.0. The number of carbonyl (C=O) groups excluding carboxylic acids is 3. The maximum absolute atomic E-state index is 13.9. The van der Waals surface area contributed by atoms with Crippen LogP contribution in [0.5, 0.6) is 0 Å². The molecule has 170 valence electrons. The number of benzene rings is 2. The van der Waals surface area contributed by atoms with E-state index in [1.807, 2.05) is 4.90 Å². The van der Waals surface area contributed by atoms with E-state index >= 15 is 0 Å². The van der Waals surface area contributed by atoms with Crippen molar-refractivity contribution in [3.8, 4) is 0 Å². The first-order valence-electron chi connectivity index (χ1n) is 10.8. The first-order valence-corrected chi connectivity index (χ1v) is 10.8. The number of rotatable bonds is 3. The van der Waals surface area contributed by atoms with Crippen molar-refractivity contribution in [3.63, 3.8) is 0 Å². The Labute approximate surface area is 188 Å². The van der Waals surface area contributed by atoms with Gasteiger partial charge in [-0.15, -0.1) is 0 Å². The minimum atomic E-state index is -1.59. The highest BCUT2D eigenvalue weighted by Gasteiger charge is 2.62. The Morgan fingerprint density at radius 3 is 2.61 bits per heavy atom. The molecule has 2 aromatic carbocycles. The number of carbonyl (C=O) groups is 3. The molecule has 0 bridgehead atoms. The molecule has 0 radical (unpaired) electrons. The van der Waals surface area contributed by atoms with Gasteiger partial charge in [0.25, 0.3) is 5.69 Å². The molecule has 3 aliphatic rings. The molecule has 3 aliphatic heterocycles. The van der Waals surface area contributed by atoms with E-state index in [0.717, 1.165) is 23.4 Å². The number of anilines is 1. The fourth-order valence-corrected chi connectivity index (χ4v) is 5.33. The number of urea groups is 1. The van der Waals surface area contributed by atoms with Crippen LogP contribution < -0.4 is 10.2 Å². The zero-order chi connectivity index (χ0) is 23.3. The number of nitrogens with one attached hydrogen (secondary N) is 1. The number of hydrogen-bond donors (Lipinski definition) is 1. The summed E-state index contributed by atoms with van der Waals surface area (Å²) < 4.78 is 13.3. The topological polar surface area (TPSA) is 113 Å². The number of nitro benzene ring substituents is 1. The Balaban J connectivity index is 1.59. The van der Waals surface area contributed by atoms with Gasteiger partial charge in [0.2, 0.25) is 11.8 Å². The Bertz CT molecular complexity index is 1180. The highest BCUT2D eigenvalue weighted by molar-refractivity contribution is 6.20. The standard InChI is InChI=1S/C23H21FN4O5/c24-16-6-4-14(5-7-16)13-27-21(30)23(20(29)25-22(27)31)12-15-11-17(28(32)33)8-9-18(15)26-10-2-1-3-19(23)26/h4-9,11,19H,1-3,10,12-13H2,(H,25,29,31)/t19-,23+/m1/s1. The first-order chi connectivity index (χ1) is 15.8. The van der Waals surface area contributed by atoms with Crippen molar-refractivity contribution in [1.29, 1.82) is 0 Å². The summed E-state index contributed by atoms with van der Waals surface area (Å²) in [6.45, 7) is 0.484. The molecular formula is C23H21FN4O5. The SMILES string of the molecule is O=C1NC(=O)[C@@]2(Cc3cc([N+](=O)[O-])ccc3N3CCCC[C@@H]32)C(=O)N1Cc1ccc(F)cc1. The summed E-state index contributed by atoms with van der Waals surface area (Å²) in [5.74, 6) is -1.75. The van der Waals surface area contributed by atoms with E-state index in [0.29, 0.717) is 24.1 Å². The van der Waals surface area contributed by atoms with Crippen LogP contribution in [-0.4, -0.2) is 40.3 Å². The summed E-state index contributed by atoms with van der Waals surface area (Å²) in [5.41, 5.74) is 0.135. The summed E-state index contributed by atoms with van der Waals surface area (Å²) >= 11 is 0. The van der Waals surface area contributed by atoms with Crippen LogP contribution >= 0.6 is 0 Å². The average Bonchev–Trinajstić information content (AvgIpc) is 2.81. The van der Waals surface area contributed by atoms with Gasteiger partial charge in [-0.1, -0.05) is 12.1 Å². The van der Waals surface area contributed by atoms with Crippen LogP contribution in [0.3, 0.4) is 0 Å². The van der Waals surface area contributed by atoms with Crippen LogP contribution in [0.4, 0.5) is 20.6 Å². The molecule has 3 heterocycles. The molecule has 0 aromatic heterocycles. The summed E-state index contributed by atoms with van der Waals surface area (Å²) in [5, 5.41) is 13.7. The molecule has 1 spiro atoms. The monoisotopic (exact) mass is 452 g/mol. The molecule has 33 heavy (non-hydrogen) atoms. The van der Waals surface area contributed by atoms with E-state index in [2.05, 4.69) is 5.32 Å². The normalized spacial score (nSPS) is 24.4. The molecule has 0 aliphatic carbocycles. The van der Waals surface area contributed by atoms with Gasteiger partial charge in [-0.3, -0.25) is 29.9 Å². The third kappa shape index (κ3) is 3.24. The van der Waals surface area contributed by atoms with Gasteiger partial charge < -0.3 is 4.90 Å². The Morgan fingerprint density at radius 1 is 1.12 bits per heavy atom. The molecule has 2 atom stereocenters. The van der Waals surface area contributed by atoms with Crippen molar-refractivity contribution in [2.24, 2.45) is 5.41 Å². The molecule has 2 saturated heterocycles. The molecule has 10 heteroatoms. The second-order valence-electron chi connectivity index (χ2n) is 8.70. The van der Waals surface area contributed by atoms with E-state index in [-0.39, 0.29) is 18.7 Å². The van der Waals surface area contributed by atoms with Crippen molar-refractivity contribution in [3.05, 3.63) is 69.5 Å². The van der Waals surface area contributed by atoms with Gasteiger partial charge in [0.1, 0.15) is 5.82 Å². The van der Waals surface area contributed by atoms with Crippen molar-refractivity contribution >= 4 is 29.2 Å². The van der Waals surface area contributed by atoms with E-state index in [1.165, 1.54) is 36.4 Å². The summed E-state index contributed by atoms with van der Waals surface area (Å²) in [4.78, 5) is 53.7. The van der Waals surface area contributed by atoms with Crippen LogP contribution in [-0.2, 0) is 22.6 Å². The fourth-order valence-electron chi connectivity index (χ4n) is 5.33. The summed E-state index contributed by atoms with van der Waals surface area (Å²) in [6, 6.07) is 8.63. The zero-order valence-corrected chi connectivity index (χ0v) is 17.6. The number of nitro groups is 1. The van der Waals surface area contributed by atoms with Crippen LogP contribution in [0.2, 0.25) is 0 Å². The van der Waals surface area contributed by atoms with Gasteiger partial charge in [-0.25, -0.2) is 9.18 Å². The highest BCUT2D eigenvalue weighted by atomic mass is 19.1. The van der Waals surface area contributed by atoms with Gasteiger partial charge in [0.15, 0.2) is 5.41 Å². The van der Waals surface area contributed by atoms with Gasteiger partial charge in [0.05, 0.1) is 17.5 Å². The van der Waals surface area contributed by atoms with Crippen molar-refractivity contribution in [2.75, 3.05) is 11.4 Å². The van der Waals surface area contributed by atoms with E-state index in [9.17, 15) is 28.9 Å². The van der Waals surface area contributed by atoms with Crippen LogP contribution in [0.25, 0.3) is 0 Å². The molecule has 0 unspecified atom stereocenters. The number of fused-ring (bicyclic) bond motifs is 4. The smallest absolute Gasteiger partial charge is 0.331 e. The number of nitrogens with zero attached hydrogens (tertiary/aromatic N) is 3. The number of piperidine rings is 1. The molecule has 4 amide bonds. The summed E-state index contributed by atoms with van der Waals surface area (Å²) in [7, 11) is 0. The molecule has 2 aromatic rings. The zero-order valence-electron chi connectivity index (χ0n) is 17.6. The number of hydrogen-bond acceptors (Lipinski definition) is 6. The van der Waals surface area contributed by atoms with E-state index in [1.54, 1.807) is 6.07 Å². The Hall–Kier alpha value is -3.82. The van der Waals surface area contributed by atoms with Crippen LogP contribution in [0.15, 0.2) is 42.5 Å². The molecule has 5 rings (SSSR count). The van der Waals surface area contributed by atoms with Crippen molar-refractivity contribution in [2.45, 2.75) is 38.3 Å². The molecular weight excluding hydrogens is 431 g/mol. The third-order valence-electron chi connectivity index (χ3n) is 6.88. The third-order valence-corrected chi connectivity index (χ3v) is 6.88. The largest absolute Gasteiger partial charge is 0.367 e. The van der Waals surface area contributed by atoms with E-state index < -0.39 is 40.0 Å². The second kappa shape index (κ2) is 7.65. The number of halogens is 1. The Kier molecular flexibility index (Phi) is 4.88. The van der Waals surface area contributed by atoms with Gasteiger partial charge in [0, 0.05) is 30.8 Å². The van der Waals surface area contributed by atoms with E-state index in [4.69, 9.17) is 0 Å². The van der Waals surface area contributed by atoms with Crippen molar-refractivity contribution < 1.29 is 23.7 Å². The average molecular weight is 452 g/mol. The predicted molar refractivity (Wildman–Crippen MR) is 115 cm³/mol. The fraction of sp³-hybridized carbons (Fsp3) is 0.348. The molecule has 2 fully saturated rings. The second-order valence-corrected chi connectivity index (χ2v) is 8.70. The van der Waals surface area contributed by atoms with Crippen LogP contribution in [0, 0.1) is 21.3 Å². The van der Waals surface area contributed by atoms with Crippen molar-refractivity contribution in [1.82, 2.24) is 10.2 Å². The number of imide groups is 2. The molecule has 1 N–H and O–H groups in total. The van der Waals surface area contributed by atoms with Gasteiger partial charge >= 0.3 is 6.03 Å². The lowest BCUT2D eigenvalue weighted by molar-refractivity contribution is -0.384. The lowest BCUT2D eigenvalue weighted by atomic mass is 9.66. The minimum absolute atomic E-state index is 0.0386. The minimum Gasteiger partial charge on any atom is -0.367 e. The Morgan fingerprint density at radius 2 is 1.88 bits per heavy atom. The lowest BCUT2D eigenvalue weighted by Crippen LogP contribution is -2.72. The maximum Gasteiger partial charge on any atom is 0.331 e. The van der Waals surface area contributed by atoms with Gasteiger partial charge in [-0.2, -0.15) is 0 Å². The van der Waals surface area contributed by atoms with Crippen LogP contribution in [0.1, 0.15) is 30.4 Å². The molecule has 0 saturated carbocycles. The number of barbiturate groups is 1. The maximum atomic E-state index is 13.9.